The monoisotopic (exact) mass is 362 g/mol. The van der Waals surface area contributed by atoms with Gasteiger partial charge in [0.25, 0.3) is 5.91 Å². The van der Waals surface area contributed by atoms with E-state index in [1.165, 1.54) is 6.07 Å². The van der Waals surface area contributed by atoms with Gasteiger partial charge in [-0.1, -0.05) is 24.3 Å². The number of carbonyl (C=O) groups excluding carboxylic acids is 1. The van der Waals surface area contributed by atoms with Crippen molar-refractivity contribution in [3.05, 3.63) is 54.1 Å². The van der Waals surface area contributed by atoms with Crippen molar-refractivity contribution in [3.8, 4) is 17.2 Å². The van der Waals surface area contributed by atoms with E-state index in [2.05, 4.69) is 15.3 Å². The van der Waals surface area contributed by atoms with Crippen molar-refractivity contribution in [3.63, 3.8) is 0 Å². The minimum atomic E-state index is -2.95. The zero-order valence-electron chi connectivity index (χ0n) is 13.8. The molecular formula is C18H16F2N2O4. The van der Waals surface area contributed by atoms with Crippen LogP contribution in [0, 0.1) is 0 Å². The number of ether oxygens (including phenoxy) is 3. The fourth-order valence-corrected chi connectivity index (χ4v) is 2.38. The van der Waals surface area contributed by atoms with Gasteiger partial charge in [-0.2, -0.15) is 13.9 Å². The Hall–Kier alpha value is -3.16. The molecule has 6 nitrogen and oxygen atoms in total. The number of fused-ring (bicyclic) bond motifs is 1. The van der Waals surface area contributed by atoms with E-state index in [9.17, 15) is 13.6 Å². The largest absolute Gasteiger partial charge is 0.485 e. The first-order valence-electron chi connectivity index (χ1n) is 7.81. The number of alkyl halides is 2. The summed E-state index contributed by atoms with van der Waals surface area (Å²) in [5.74, 6) is 0.500. The fourth-order valence-electron chi connectivity index (χ4n) is 2.38. The Balaban J connectivity index is 1.67. The van der Waals surface area contributed by atoms with Crippen molar-refractivity contribution in [1.82, 2.24) is 5.43 Å². The van der Waals surface area contributed by atoms with Crippen LogP contribution in [-0.2, 0) is 4.79 Å². The maximum absolute atomic E-state index is 12.5. The molecule has 2 aromatic carbocycles. The topological polar surface area (TPSA) is 69.2 Å². The van der Waals surface area contributed by atoms with E-state index in [0.717, 1.165) is 0 Å². The van der Waals surface area contributed by atoms with Crippen LogP contribution in [0.25, 0.3) is 0 Å². The summed E-state index contributed by atoms with van der Waals surface area (Å²) in [6.45, 7) is -1.34. The van der Waals surface area contributed by atoms with Gasteiger partial charge in [-0.15, -0.1) is 0 Å². The number of amides is 1. The minimum absolute atomic E-state index is 0.0239. The smallest absolute Gasteiger partial charge is 0.387 e. The number of halogens is 2. The average molecular weight is 362 g/mol. The number of hydrogen-bond donors (Lipinski definition) is 1. The molecule has 0 unspecified atom stereocenters. The summed E-state index contributed by atoms with van der Waals surface area (Å²) in [5, 5.41) is 3.95. The third-order valence-corrected chi connectivity index (χ3v) is 3.63. The Bertz CT molecular complexity index is 826. The van der Waals surface area contributed by atoms with Crippen LogP contribution < -0.4 is 19.6 Å². The number of nitrogens with one attached hydrogen (secondary N) is 1. The molecule has 0 fully saturated rings. The summed E-state index contributed by atoms with van der Waals surface area (Å²) in [6.07, 6.45) is -0.867. The molecule has 1 amide bonds. The molecule has 0 aromatic heterocycles. The number of nitrogens with zero attached hydrogens (tertiary/aromatic N) is 1. The number of hydrazone groups is 1. The lowest BCUT2D eigenvalue weighted by Gasteiger charge is -2.24. The highest BCUT2D eigenvalue weighted by molar-refractivity contribution is 6.01. The van der Waals surface area contributed by atoms with Gasteiger partial charge in [0.15, 0.2) is 11.5 Å². The molecule has 2 aromatic rings. The Labute approximate surface area is 148 Å². The predicted molar refractivity (Wildman–Crippen MR) is 89.8 cm³/mol. The van der Waals surface area contributed by atoms with Gasteiger partial charge >= 0.3 is 6.61 Å². The first kappa shape index (κ1) is 17.7. The first-order chi connectivity index (χ1) is 12.5. The summed E-state index contributed by atoms with van der Waals surface area (Å²) < 4.78 is 40.5. The molecule has 0 aliphatic carbocycles. The van der Waals surface area contributed by atoms with Gasteiger partial charge in [-0.3, -0.25) is 4.79 Å². The molecular weight excluding hydrogens is 346 g/mol. The Morgan fingerprint density at radius 2 is 1.88 bits per heavy atom. The molecule has 8 heteroatoms. The van der Waals surface area contributed by atoms with Gasteiger partial charge in [-0.25, -0.2) is 5.43 Å². The molecule has 0 bridgehead atoms. The van der Waals surface area contributed by atoms with Crippen LogP contribution >= 0.6 is 0 Å². The molecule has 3 rings (SSSR count). The molecule has 1 aliphatic heterocycles. The second-order valence-corrected chi connectivity index (χ2v) is 5.41. The lowest BCUT2D eigenvalue weighted by atomic mass is 10.1. The fraction of sp³-hybridized carbons (Fsp3) is 0.222. The lowest BCUT2D eigenvalue weighted by Crippen LogP contribution is -2.42. The van der Waals surface area contributed by atoms with Gasteiger partial charge in [0.2, 0.25) is 6.10 Å². The highest BCUT2D eigenvalue weighted by Gasteiger charge is 2.27. The third-order valence-electron chi connectivity index (χ3n) is 3.63. The van der Waals surface area contributed by atoms with Gasteiger partial charge in [0, 0.05) is 5.56 Å². The maximum atomic E-state index is 12.5. The van der Waals surface area contributed by atoms with Gasteiger partial charge in [0.1, 0.15) is 12.4 Å². The van der Waals surface area contributed by atoms with Gasteiger partial charge in [-0.05, 0) is 31.2 Å². The minimum Gasteiger partial charge on any atom is -0.485 e. The molecule has 1 aliphatic rings. The Morgan fingerprint density at radius 1 is 1.19 bits per heavy atom. The number of benzene rings is 2. The molecule has 0 spiro atoms. The third kappa shape index (κ3) is 4.08. The van der Waals surface area contributed by atoms with Crippen LogP contribution in [0.15, 0.2) is 53.6 Å². The highest BCUT2D eigenvalue weighted by Crippen LogP contribution is 2.30. The second kappa shape index (κ2) is 7.81. The quantitative estimate of drug-likeness (QED) is 0.656. The summed E-state index contributed by atoms with van der Waals surface area (Å²) in [4.78, 5) is 12.2. The van der Waals surface area contributed by atoms with Crippen LogP contribution in [-0.4, -0.2) is 30.9 Å². The summed E-state index contributed by atoms with van der Waals surface area (Å²) in [6, 6.07) is 13.2. The number of para-hydroxylation sites is 3. The zero-order valence-corrected chi connectivity index (χ0v) is 13.8. The van der Waals surface area contributed by atoms with Crippen LogP contribution in [0.5, 0.6) is 17.2 Å². The second-order valence-electron chi connectivity index (χ2n) is 5.41. The van der Waals surface area contributed by atoms with E-state index in [1.807, 2.05) is 0 Å². The predicted octanol–water partition coefficient (Wildman–Crippen LogP) is 2.97. The van der Waals surface area contributed by atoms with Crippen molar-refractivity contribution >= 4 is 11.6 Å². The first-order valence-corrected chi connectivity index (χ1v) is 7.81. The van der Waals surface area contributed by atoms with E-state index in [-0.39, 0.29) is 12.4 Å². The Morgan fingerprint density at radius 3 is 2.65 bits per heavy atom. The van der Waals surface area contributed by atoms with Gasteiger partial charge in [0.05, 0.1) is 5.71 Å². The van der Waals surface area contributed by atoms with Crippen molar-refractivity contribution < 1.29 is 27.8 Å². The lowest BCUT2D eigenvalue weighted by molar-refractivity contribution is -0.130. The average Bonchev–Trinajstić information content (AvgIpc) is 2.65. The summed E-state index contributed by atoms with van der Waals surface area (Å²) in [5.41, 5.74) is 3.02. The highest BCUT2D eigenvalue weighted by atomic mass is 19.3. The van der Waals surface area contributed by atoms with Crippen LogP contribution in [0.4, 0.5) is 8.78 Å². The van der Waals surface area contributed by atoms with E-state index < -0.39 is 18.6 Å². The molecule has 1 N–H and O–H groups in total. The molecule has 1 heterocycles. The number of hydrogen-bond acceptors (Lipinski definition) is 5. The van der Waals surface area contributed by atoms with E-state index in [0.29, 0.717) is 22.8 Å². The molecule has 136 valence electrons. The van der Waals surface area contributed by atoms with E-state index >= 15 is 0 Å². The number of carbonyl (C=O) groups is 1. The Kier molecular flexibility index (Phi) is 5.31. The molecule has 1 atom stereocenters. The molecule has 26 heavy (non-hydrogen) atoms. The summed E-state index contributed by atoms with van der Waals surface area (Å²) >= 11 is 0. The van der Waals surface area contributed by atoms with E-state index in [1.54, 1.807) is 49.4 Å². The van der Waals surface area contributed by atoms with Crippen LogP contribution in [0.3, 0.4) is 0 Å². The molecule has 0 saturated carbocycles. The molecule has 0 radical (unpaired) electrons. The normalized spacial score (nSPS) is 16.3. The van der Waals surface area contributed by atoms with Crippen molar-refractivity contribution in [2.45, 2.75) is 19.6 Å². The van der Waals surface area contributed by atoms with Crippen LogP contribution in [0.1, 0.15) is 12.5 Å². The maximum Gasteiger partial charge on any atom is 0.387 e. The van der Waals surface area contributed by atoms with E-state index in [4.69, 9.17) is 9.47 Å². The standard InChI is InChI=1S/C18H16F2N2O4/c1-11(12-6-2-3-7-13(12)26-18(19)20)21-22-17(23)16-10-24-14-8-4-5-9-15(14)25-16/h2-9,16,18H,10H2,1H3,(H,22,23)/b21-11-/t16-/m1/s1. The summed E-state index contributed by atoms with van der Waals surface area (Å²) in [7, 11) is 0. The van der Waals surface area contributed by atoms with Crippen molar-refractivity contribution in [2.24, 2.45) is 5.10 Å². The SMILES string of the molecule is C/C(=N/NC(=O)[C@H]1COc2ccccc2O1)c1ccccc1OC(F)F. The zero-order chi connectivity index (χ0) is 18.5. The van der Waals surface area contributed by atoms with Crippen molar-refractivity contribution in [2.75, 3.05) is 6.61 Å². The van der Waals surface area contributed by atoms with Crippen LogP contribution in [0.2, 0.25) is 0 Å². The number of rotatable bonds is 5. The van der Waals surface area contributed by atoms with Crippen molar-refractivity contribution in [1.29, 1.82) is 0 Å². The van der Waals surface area contributed by atoms with Gasteiger partial charge < -0.3 is 14.2 Å². The molecule has 0 saturated heterocycles.